The summed E-state index contributed by atoms with van der Waals surface area (Å²) >= 11 is 1.82. The molecule has 3 nitrogen and oxygen atoms in total. The standard InChI is InChI=1S/C12H21N3S/c1-10-9-14(2)5-6-15(10)11(8-13)12-4-3-7-16-12/h3-4,7,10-11H,5-6,8-9,13H2,1-2H3. The highest BCUT2D eigenvalue weighted by molar-refractivity contribution is 7.10. The van der Waals surface area contributed by atoms with Gasteiger partial charge in [-0.2, -0.15) is 0 Å². The fourth-order valence-corrected chi connectivity index (χ4v) is 3.37. The third-order valence-corrected chi connectivity index (χ3v) is 4.35. The number of rotatable bonds is 3. The van der Waals surface area contributed by atoms with Crippen molar-refractivity contribution in [1.29, 1.82) is 0 Å². The van der Waals surface area contributed by atoms with Crippen LogP contribution >= 0.6 is 11.3 Å². The molecule has 0 bridgehead atoms. The summed E-state index contributed by atoms with van der Waals surface area (Å²) in [6.07, 6.45) is 0. The van der Waals surface area contributed by atoms with Crippen LogP contribution in [0.1, 0.15) is 17.8 Å². The van der Waals surface area contributed by atoms with E-state index in [2.05, 4.69) is 41.3 Å². The number of likely N-dealkylation sites (N-methyl/N-ethyl adjacent to an activating group) is 1. The van der Waals surface area contributed by atoms with Gasteiger partial charge >= 0.3 is 0 Å². The number of hydrogen-bond donors (Lipinski definition) is 1. The maximum Gasteiger partial charge on any atom is 0.0567 e. The van der Waals surface area contributed by atoms with Gasteiger partial charge in [-0.15, -0.1) is 11.3 Å². The average Bonchev–Trinajstić information content (AvgIpc) is 2.75. The van der Waals surface area contributed by atoms with Crippen LogP contribution < -0.4 is 5.73 Å². The third kappa shape index (κ3) is 2.46. The molecule has 2 atom stereocenters. The van der Waals surface area contributed by atoms with Gasteiger partial charge < -0.3 is 10.6 Å². The summed E-state index contributed by atoms with van der Waals surface area (Å²) < 4.78 is 0. The fourth-order valence-electron chi connectivity index (χ4n) is 2.51. The summed E-state index contributed by atoms with van der Waals surface area (Å²) in [4.78, 5) is 6.34. The lowest BCUT2D eigenvalue weighted by molar-refractivity contribution is 0.0648. The molecular weight excluding hydrogens is 218 g/mol. The highest BCUT2D eigenvalue weighted by Crippen LogP contribution is 2.27. The fraction of sp³-hybridized carbons (Fsp3) is 0.667. The van der Waals surface area contributed by atoms with E-state index in [1.54, 1.807) is 0 Å². The Morgan fingerprint density at radius 2 is 2.38 bits per heavy atom. The van der Waals surface area contributed by atoms with Gasteiger partial charge in [0.15, 0.2) is 0 Å². The number of nitrogens with two attached hydrogens (primary N) is 1. The molecule has 0 radical (unpaired) electrons. The predicted octanol–water partition coefficient (Wildman–Crippen LogP) is 1.38. The zero-order chi connectivity index (χ0) is 11.5. The Balaban J connectivity index is 2.10. The Morgan fingerprint density at radius 1 is 1.56 bits per heavy atom. The van der Waals surface area contributed by atoms with Gasteiger partial charge in [0, 0.05) is 37.1 Å². The summed E-state index contributed by atoms with van der Waals surface area (Å²) in [7, 11) is 2.19. The Hall–Kier alpha value is -0.420. The number of nitrogens with zero attached hydrogens (tertiary/aromatic N) is 2. The first-order valence-corrected chi connectivity index (χ1v) is 6.78. The van der Waals surface area contributed by atoms with Gasteiger partial charge in [0.05, 0.1) is 6.04 Å². The molecule has 0 aromatic carbocycles. The van der Waals surface area contributed by atoms with Gasteiger partial charge in [0.1, 0.15) is 0 Å². The Bertz CT molecular complexity index is 312. The minimum absolute atomic E-state index is 0.406. The van der Waals surface area contributed by atoms with Gasteiger partial charge in [0.2, 0.25) is 0 Å². The average molecular weight is 239 g/mol. The zero-order valence-electron chi connectivity index (χ0n) is 10.1. The molecule has 2 unspecified atom stereocenters. The van der Waals surface area contributed by atoms with E-state index in [4.69, 9.17) is 5.73 Å². The van der Waals surface area contributed by atoms with E-state index in [0.717, 1.165) is 19.6 Å². The van der Waals surface area contributed by atoms with Gasteiger partial charge in [0.25, 0.3) is 0 Å². The number of hydrogen-bond acceptors (Lipinski definition) is 4. The molecular formula is C12H21N3S. The molecule has 1 saturated heterocycles. The normalized spacial score (nSPS) is 25.8. The molecule has 2 heterocycles. The second-order valence-corrected chi connectivity index (χ2v) is 5.60. The van der Waals surface area contributed by atoms with E-state index in [-0.39, 0.29) is 0 Å². The quantitative estimate of drug-likeness (QED) is 0.865. The van der Waals surface area contributed by atoms with Crippen LogP contribution in [0.3, 0.4) is 0 Å². The van der Waals surface area contributed by atoms with Crippen LogP contribution in [0.15, 0.2) is 17.5 Å². The summed E-state index contributed by atoms with van der Waals surface area (Å²) in [5.41, 5.74) is 5.94. The first-order chi connectivity index (χ1) is 7.72. The van der Waals surface area contributed by atoms with E-state index >= 15 is 0 Å². The van der Waals surface area contributed by atoms with Crippen molar-refractivity contribution in [2.45, 2.75) is 19.0 Å². The van der Waals surface area contributed by atoms with Crippen molar-refractivity contribution < 1.29 is 0 Å². The smallest absolute Gasteiger partial charge is 0.0567 e. The van der Waals surface area contributed by atoms with E-state index in [9.17, 15) is 0 Å². The topological polar surface area (TPSA) is 32.5 Å². The van der Waals surface area contributed by atoms with E-state index in [1.165, 1.54) is 4.88 Å². The molecule has 1 aromatic heterocycles. The number of piperazine rings is 1. The molecule has 2 N–H and O–H groups in total. The Morgan fingerprint density at radius 3 is 2.94 bits per heavy atom. The lowest BCUT2D eigenvalue weighted by Crippen LogP contribution is -2.52. The minimum Gasteiger partial charge on any atom is -0.329 e. The van der Waals surface area contributed by atoms with Crippen molar-refractivity contribution in [3.05, 3.63) is 22.4 Å². The molecule has 0 spiro atoms. The van der Waals surface area contributed by atoms with Gasteiger partial charge in [-0.3, -0.25) is 4.90 Å². The highest BCUT2D eigenvalue weighted by atomic mass is 32.1. The van der Waals surface area contributed by atoms with Crippen LogP contribution in [0.4, 0.5) is 0 Å². The SMILES string of the molecule is CC1CN(C)CCN1C(CN)c1cccs1. The Labute approximate surface area is 102 Å². The molecule has 1 aliphatic rings. The van der Waals surface area contributed by atoms with Gasteiger partial charge in [-0.1, -0.05) is 6.07 Å². The van der Waals surface area contributed by atoms with E-state index < -0.39 is 0 Å². The monoisotopic (exact) mass is 239 g/mol. The molecule has 0 amide bonds. The predicted molar refractivity (Wildman–Crippen MR) is 69.8 cm³/mol. The summed E-state index contributed by atoms with van der Waals surface area (Å²) in [5.74, 6) is 0. The second-order valence-electron chi connectivity index (χ2n) is 4.62. The van der Waals surface area contributed by atoms with Gasteiger partial charge in [-0.25, -0.2) is 0 Å². The van der Waals surface area contributed by atoms with Crippen molar-refractivity contribution in [2.24, 2.45) is 5.73 Å². The molecule has 1 fully saturated rings. The van der Waals surface area contributed by atoms with E-state index in [1.807, 2.05) is 11.3 Å². The first kappa shape index (κ1) is 12.0. The highest BCUT2D eigenvalue weighted by Gasteiger charge is 2.28. The molecule has 1 aliphatic heterocycles. The lowest BCUT2D eigenvalue weighted by Gasteiger charge is -2.42. The lowest BCUT2D eigenvalue weighted by atomic mass is 10.1. The first-order valence-electron chi connectivity index (χ1n) is 5.90. The molecule has 0 saturated carbocycles. The van der Waals surface area contributed by atoms with Crippen LogP contribution in [0.25, 0.3) is 0 Å². The largest absolute Gasteiger partial charge is 0.329 e. The van der Waals surface area contributed by atoms with Crippen LogP contribution in [-0.2, 0) is 0 Å². The number of thiophene rings is 1. The van der Waals surface area contributed by atoms with Crippen LogP contribution in [0.5, 0.6) is 0 Å². The van der Waals surface area contributed by atoms with Crippen molar-refractivity contribution in [1.82, 2.24) is 9.80 Å². The summed E-state index contributed by atoms with van der Waals surface area (Å²) in [6.45, 7) is 6.42. The van der Waals surface area contributed by atoms with Crippen molar-refractivity contribution in [3.8, 4) is 0 Å². The van der Waals surface area contributed by atoms with Crippen LogP contribution in [0.2, 0.25) is 0 Å². The van der Waals surface area contributed by atoms with Crippen LogP contribution in [0, 0.1) is 0 Å². The minimum atomic E-state index is 0.406. The zero-order valence-corrected chi connectivity index (χ0v) is 10.9. The maximum absolute atomic E-state index is 5.94. The van der Waals surface area contributed by atoms with Crippen LogP contribution in [-0.4, -0.2) is 49.1 Å². The molecule has 1 aromatic rings. The van der Waals surface area contributed by atoms with Gasteiger partial charge in [-0.05, 0) is 25.4 Å². The summed E-state index contributed by atoms with van der Waals surface area (Å²) in [6, 6.07) is 5.31. The third-order valence-electron chi connectivity index (χ3n) is 3.38. The molecule has 2 rings (SSSR count). The molecule has 0 aliphatic carbocycles. The second kappa shape index (κ2) is 5.27. The maximum atomic E-state index is 5.94. The van der Waals surface area contributed by atoms with Crippen molar-refractivity contribution in [2.75, 3.05) is 33.2 Å². The molecule has 16 heavy (non-hydrogen) atoms. The molecule has 4 heteroatoms. The van der Waals surface area contributed by atoms with E-state index in [0.29, 0.717) is 18.6 Å². The Kier molecular flexibility index (Phi) is 3.97. The molecule has 90 valence electrons. The van der Waals surface area contributed by atoms with Crippen molar-refractivity contribution in [3.63, 3.8) is 0 Å². The summed E-state index contributed by atoms with van der Waals surface area (Å²) in [5, 5.41) is 2.14. The van der Waals surface area contributed by atoms with Crippen molar-refractivity contribution >= 4 is 11.3 Å².